The molecule has 0 spiro atoms. The van der Waals surface area contributed by atoms with Crippen LogP contribution in [0.1, 0.15) is 31.2 Å². The highest BCUT2D eigenvalue weighted by molar-refractivity contribution is 8.04. The number of nitrogens with zero attached hydrogens (tertiary/aromatic N) is 2. The predicted octanol–water partition coefficient (Wildman–Crippen LogP) is 1.60. The Morgan fingerprint density at radius 2 is 2.04 bits per heavy atom. The van der Waals surface area contributed by atoms with Gasteiger partial charge in [0, 0.05) is 12.3 Å². The normalized spacial score (nSPS) is 21.7. The van der Waals surface area contributed by atoms with Crippen molar-refractivity contribution in [1.82, 2.24) is 10.3 Å². The minimum Gasteiger partial charge on any atom is -0.343 e. The summed E-state index contributed by atoms with van der Waals surface area (Å²) >= 11 is 0.568. The van der Waals surface area contributed by atoms with Crippen LogP contribution in [0.2, 0.25) is 0 Å². The minimum absolute atomic E-state index is 0.377. The maximum atomic E-state index is 12.7. The average molecular weight is 387 g/mol. The first-order chi connectivity index (χ1) is 12.1. The molecule has 136 valence electrons. The van der Waals surface area contributed by atoms with Crippen LogP contribution >= 0.6 is 11.8 Å². The SMILES string of the molecule is O=C(NCC(F)(F)F)c1ccnc2c1C(=O)C1SC([N+](=O)[O-])=CC1C2=O. The number of pyridine rings is 1. The summed E-state index contributed by atoms with van der Waals surface area (Å²) in [5, 5.41) is 11.0. The van der Waals surface area contributed by atoms with Gasteiger partial charge in [0.05, 0.1) is 27.2 Å². The molecule has 1 aromatic rings. The number of Topliss-reactive ketones (excluding diaryl/α,β-unsaturated/α-hetero) is 2. The van der Waals surface area contributed by atoms with Gasteiger partial charge < -0.3 is 5.32 Å². The molecular formula is C14H8F3N3O5S. The molecule has 0 saturated carbocycles. The Balaban J connectivity index is 1.98. The molecule has 1 amide bonds. The van der Waals surface area contributed by atoms with Gasteiger partial charge in [-0.3, -0.25) is 29.5 Å². The molecule has 1 aromatic heterocycles. The topological polar surface area (TPSA) is 119 Å². The lowest BCUT2D eigenvalue weighted by atomic mass is 9.82. The molecule has 1 aliphatic carbocycles. The zero-order valence-electron chi connectivity index (χ0n) is 12.6. The van der Waals surface area contributed by atoms with E-state index in [-0.39, 0.29) is 10.7 Å². The van der Waals surface area contributed by atoms with Crippen molar-refractivity contribution in [2.45, 2.75) is 11.4 Å². The first kappa shape index (κ1) is 18.0. The second kappa shape index (κ2) is 6.20. The van der Waals surface area contributed by atoms with Crippen LogP contribution in [-0.4, -0.2) is 45.4 Å². The molecule has 0 saturated heterocycles. The lowest BCUT2D eigenvalue weighted by Gasteiger charge is -2.24. The van der Waals surface area contributed by atoms with Crippen LogP contribution < -0.4 is 5.32 Å². The Bertz CT molecular complexity index is 883. The Labute approximate surface area is 147 Å². The van der Waals surface area contributed by atoms with Crippen molar-refractivity contribution in [3.05, 3.63) is 50.3 Å². The van der Waals surface area contributed by atoms with E-state index in [0.717, 1.165) is 18.3 Å². The average Bonchev–Trinajstić information content (AvgIpc) is 3.02. The Morgan fingerprint density at radius 3 is 2.65 bits per heavy atom. The molecule has 26 heavy (non-hydrogen) atoms. The van der Waals surface area contributed by atoms with Gasteiger partial charge in [0.25, 0.3) is 5.91 Å². The van der Waals surface area contributed by atoms with Crippen molar-refractivity contribution >= 4 is 29.2 Å². The van der Waals surface area contributed by atoms with Gasteiger partial charge in [-0.2, -0.15) is 13.2 Å². The van der Waals surface area contributed by atoms with Gasteiger partial charge in [-0.1, -0.05) is 0 Å². The van der Waals surface area contributed by atoms with Crippen LogP contribution in [0.15, 0.2) is 23.4 Å². The van der Waals surface area contributed by atoms with Crippen molar-refractivity contribution in [1.29, 1.82) is 0 Å². The molecule has 3 rings (SSSR count). The Morgan fingerprint density at radius 1 is 1.35 bits per heavy atom. The van der Waals surface area contributed by atoms with E-state index >= 15 is 0 Å². The molecular weight excluding hydrogens is 379 g/mol. The predicted molar refractivity (Wildman–Crippen MR) is 81.2 cm³/mol. The van der Waals surface area contributed by atoms with E-state index < -0.39 is 57.4 Å². The standard InChI is InChI=1S/C14H8F3N3O5S/c15-14(16,17)4-19-13(23)5-1-2-18-9-8(5)11(22)12-6(10(9)21)3-7(26-12)20(24)25/h1-3,6,12H,4H2,(H,19,23). The van der Waals surface area contributed by atoms with Crippen LogP contribution in [0.5, 0.6) is 0 Å². The van der Waals surface area contributed by atoms with E-state index in [1.54, 1.807) is 5.32 Å². The molecule has 2 heterocycles. The third-order valence-electron chi connectivity index (χ3n) is 3.76. The van der Waals surface area contributed by atoms with Gasteiger partial charge in [0.1, 0.15) is 12.2 Å². The van der Waals surface area contributed by atoms with Gasteiger partial charge >= 0.3 is 11.2 Å². The number of allylic oxidation sites excluding steroid dienone is 1. The number of rotatable bonds is 3. The van der Waals surface area contributed by atoms with Crippen molar-refractivity contribution < 1.29 is 32.5 Å². The first-order valence-electron chi connectivity index (χ1n) is 7.05. The van der Waals surface area contributed by atoms with Crippen molar-refractivity contribution in [2.75, 3.05) is 6.54 Å². The van der Waals surface area contributed by atoms with Gasteiger partial charge in [-0.05, 0) is 17.8 Å². The van der Waals surface area contributed by atoms with Crippen LogP contribution in [0.4, 0.5) is 13.2 Å². The van der Waals surface area contributed by atoms with Gasteiger partial charge in [0.2, 0.25) is 0 Å². The van der Waals surface area contributed by atoms with Crippen LogP contribution in [0.25, 0.3) is 0 Å². The quantitative estimate of drug-likeness (QED) is 0.618. The fraction of sp³-hybridized carbons (Fsp3) is 0.286. The second-order valence-electron chi connectivity index (χ2n) is 5.43. The number of aromatic nitrogens is 1. The molecule has 8 nitrogen and oxygen atoms in total. The number of carbonyl (C=O) groups excluding carboxylic acids is 3. The number of nitrogens with one attached hydrogen (secondary N) is 1. The lowest BCUT2D eigenvalue weighted by Crippen LogP contribution is -2.40. The fourth-order valence-corrected chi connectivity index (χ4v) is 3.83. The van der Waals surface area contributed by atoms with Crippen molar-refractivity contribution in [2.24, 2.45) is 5.92 Å². The molecule has 0 radical (unpaired) electrons. The summed E-state index contributed by atoms with van der Waals surface area (Å²) < 4.78 is 36.8. The summed E-state index contributed by atoms with van der Waals surface area (Å²) in [5.74, 6) is -3.74. The Kier molecular flexibility index (Phi) is 4.30. The molecule has 1 aliphatic heterocycles. The molecule has 0 fully saturated rings. The van der Waals surface area contributed by atoms with E-state index in [0.29, 0.717) is 11.8 Å². The summed E-state index contributed by atoms with van der Waals surface area (Å²) in [6, 6.07) is 1.03. The largest absolute Gasteiger partial charge is 0.405 e. The van der Waals surface area contributed by atoms with Gasteiger partial charge in [-0.25, -0.2) is 0 Å². The van der Waals surface area contributed by atoms with E-state index in [4.69, 9.17) is 0 Å². The number of carbonyl (C=O) groups is 3. The maximum absolute atomic E-state index is 12.7. The van der Waals surface area contributed by atoms with E-state index in [2.05, 4.69) is 4.98 Å². The van der Waals surface area contributed by atoms with Crippen LogP contribution in [0.3, 0.4) is 0 Å². The summed E-state index contributed by atoms with van der Waals surface area (Å²) in [6.07, 6.45) is -2.58. The summed E-state index contributed by atoms with van der Waals surface area (Å²) in [5.41, 5.74) is -1.22. The second-order valence-corrected chi connectivity index (χ2v) is 6.60. The monoisotopic (exact) mass is 387 g/mol. The number of alkyl halides is 3. The highest BCUT2D eigenvalue weighted by Gasteiger charge is 2.50. The van der Waals surface area contributed by atoms with Crippen LogP contribution in [0, 0.1) is 16.0 Å². The maximum Gasteiger partial charge on any atom is 0.405 e. The van der Waals surface area contributed by atoms with E-state index in [9.17, 15) is 37.7 Å². The van der Waals surface area contributed by atoms with E-state index in [1.165, 1.54) is 0 Å². The third-order valence-corrected chi connectivity index (χ3v) is 5.05. The number of nitro groups is 1. The number of thioether (sulfide) groups is 1. The highest BCUT2D eigenvalue weighted by Crippen LogP contribution is 2.43. The van der Waals surface area contributed by atoms with Gasteiger partial charge in [0.15, 0.2) is 11.6 Å². The summed E-state index contributed by atoms with van der Waals surface area (Å²) in [4.78, 5) is 51.1. The van der Waals surface area contributed by atoms with Gasteiger partial charge in [-0.15, -0.1) is 0 Å². The third kappa shape index (κ3) is 3.07. The fourth-order valence-electron chi connectivity index (χ4n) is 2.68. The number of hydrogen-bond acceptors (Lipinski definition) is 7. The molecule has 0 aromatic carbocycles. The molecule has 12 heteroatoms. The van der Waals surface area contributed by atoms with Crippen molar-refractivity contribution in [3.8, 4) is 0 Å². The summed E-state index contributed by atoms with van der Waals surface area (Å²) in [6.45, 7) is -1.61. The minimum atomic E-state index is -4.65. The Hall–Kier alpha value is -2.76. The number of amides is 1. The molecule has 2 unspecified atom stereocenters. The smallest absolute Gasteiger partial charge is 0.343 e. The first-order valence-corrected chi connectivity index (χ1v) is 7.93. The van der Waals surface area contributed by atoms with Crippen molar-refractivity contribution in [3.63, 3.8) is 0 Å². The number of halogens is 3. The molecule has 0 bridgehead atoms. The van der Waals surface area contributed by atoms with Crippen LogP contribution in [-0.2, 0) is 0 Å². The zero-order valence-corrected chi connectivity index (χ0v) is 13.4. The molecule has 2 atom stereocenters. The number of ketones is 2. The molecule has 1 N–H and O–H groups in total. The summed E-state index contributed by atoms with van der Waals surface area (Å²) in [7, 11) is 0. The zero-order chi connectivity index (χ0) is 19.2. The molecule has 2 aliphatic rings. The lowest BCUT2D eigenvalue weighted by molar-refractivity contribution is -0.410. The highest BCUT2D eigenvalue weighted by atomic mass is 32.2. The number of hydrogen-bond donors (Lipinski definition) is 1. The van der Waals surface area contributed by atoms with E-state index in [1.807, 2.05) is 0 Å². The number of fused-ring (bicyclic) bond motifs is 2.